The lowest BCUT2D eigenvalue weighted by molar-refractivity contribution is -0.130. The Morgan fingerprint density at radius 3 is 2.36 bits per heavy atom. The number of hydrogen-bond acceptors (Lipinski definition) is 7. The maximum atomic E-state index is 13.1. The third-order valence-electron chi connectivity index (χ3n) is 5.78. The Morgan fingerprint density at radius 1 is 1.03 bits per heavy atom. The first kappa shape index (κ1) is 28.8. The summed E-state index contributed by atoms with van der Waals surface area (Å²) in [6.45, 7) is 1.41. The maximum Gasteiger partial charge on any atom is 0.251 e. The van der Waals surface area contributed by atoms with Gasteiger partial charge in [-0.15, -0.1) is 0 Å². The van der Waals surface area contributed by atoms with E-state index in [1.807, 2.05) is 48.5 Å². The van der Waals surface area contributed by atoms with Crippen molar-refractivity contribution in [1.82, 2.24) is 15.8 Å². The minimum absolute atomic E-state index is 0.0349. The van der Waals surface area contributed by atoms with Gasteiger partial charge in [0.15, 0.2) is 0 Å². The van der Waals surface area contributed by atoms with Crippen LogP contribution in [0.3, 0.4) is 0 Å². The zero-order chi connectivity index (χ0) is 28.4. The van der Waals surface area contributed by atoms with Crippen molar-refractivity contribution in [3.8, 4) is 11.1 Å². The van der Waals surface area contributed by atoms with E-state index in [1.165, 1.54) is 42.4 Å². The van der Waals surface area contributed by atoms with Gasteiger partial charge in [-0.3, -0.25) is 19.6 Å². The highest BCUT2D eigenvalue weighted by molar-refractivity contribution is 5.94. The Bertz CT molecular complexity index is 1330. The van der Waals surface area contributed by atoms with Crippen molar-refractivity contribution in [1.29, 1.82) is 0 Å². The summed E-state index contributed by atoms with van der Waals surface area (Å²) < 4.78 is 13.1. The van der Waals surface area contributed by atoms with Gasteiger partial charge in [0.2, 0.25) is 11.8 Å². The van der Waals surface area contributed by atoms with Gasteiger partial charge in [-0.2, -0.15) is 0 Å². The van der Waals surface area contributed by atoms with E-state index >= 15 is 0 Å². The molecular weight excluding hydrogens is 503 g/mol. The van der Waals surface area contributed by atoms with Gasteiger partial charge >= 0.3 is 0 Å². The molecule has 0 saturated heterocycles. The number of amides is 3. The summed E-state index contributed by atoms with van der Waals surface area (Å²) in [4.78, 5) is 35.5. The number of carbonyl (C=O) groups is 3. The van der Waals surface area contributed by atoms with Crippen molar-refractivity contribution in [3.05, 3.63) is 102 Å². The van der Waals surface area contributed by atoms with Crippen molar-refractivity contribution >= 4 is 23.4 Å². The fourth-order valence-corrected chi connectivity index (χ4v) is 3.87. The summed E-state index contributed by atoms with van der Waals surface area (Å²) in [7, 11) is 0. The second-order valence-electron chi connectivity index (χ2n) is 8.90. The molecule has 11 heteroatoms. The lowest BCUT2D eigenvalue weighted by Crippen LogP contribution is -2.42. The van der Waals surface area contributed by atoms with Gasteiger partial charge in [0.1, 0.15) is 5.82 Å². The number of rotatable bonds is 11. The van der Waals surface area contributed by atoms with Crippen LogP contribution in [0.25, 0.3) is 11.1 Å². The fourth-order valence-electron chi connectivity index (χ4n) is 3.87. The normalized spacial score (nSPS) is 11.8. The number of halogens is 1. The van der Waals surface area contributed by atoms with Crippen LogP contribution in [0.4, 0.5) is 10.1 Å². The number of nitrogens with zero attached hydrogens (tertiary/aromatic N) is 1. The topological polar surface area (TPSA) is 163 Å². The van der Waals surface area contributed by atoms with Crippen LogP contribution in [0.2, 0.25) is 0 Å². The first-order chi connectivity index (χ1) is 18.6. The van der Waals surface area contributed by atoms with E-state index in [4.69, 9.17) is 16.8 Å². The van der Waals surface area contributed by atoms with Gasteiger partial charge in [0.25, 0.3) is 5.91 Å². The van der Waals surface area contributed by atoms with Gasteiger partial charge in [-0.25, -0.2) is 15.7 Å². The number of carbonyl (C=O) groups excluding carboxylic acids is 3. The zero-order valence-corrected chi connectivity index (χ0v) is 21.4. The van der Waals surface area contributed by atoms with Crippen molar-refractivity contribution in [2.45, 2.75) is 25.8 Å². The lowest BCUT2D eigenvalue weighted by atomic mass is 9.97. The molecule has 0 saturated carbocycles. The summed E-state index contributed by atoms with van der Waals surface area (Å²) in [5.74, 6) is 4.57. The average Bonchev–Trinajstić information content (AvgIpc) is 2.92. The van der Waals surface area contributed by atoms with E-state index in [2.05, 4.69) is 10.6 Å². The van der Waals surface area contributed by atoms with Crippen LogP contribution in [0.5, 0.6) is 0 Å². The highest BCUT2D eigenvalue weighted by Gasteiger charge is 2.19. The third kappa shape index (κ3) is 8.95. The molecule has 1 atom stereocenters. The summed E-state index contributed by atoms with van der Waals surface area (Å²) in [5.41, 5.74) is 11.6. The van der Waals surface area contributed by atoms with E-state index in [-0.39, 0.29) is 30.1 Å². The van der Waals surface area contributed by atoms with Crippen LogP contribution in [0.15, 0.2) is 84.7 Å². The molecule has 204 valence electrons. The molecule has 3 aromatic carbocycles. The quantitative estimate of drug-likeness (QED) is 0.125. The van der Waals surface area contributed by atoms with Crippen molar-refractivity contribution in [2.24, 2.45) is 11.6 Å². The molecule has 10 nitrogen and oxygen atoms in total. The number of nitrogens with two attached hydrogens (primary N) is 2. The number of hydrazine groups is 1. The van der Waals surface area contributed by atoms with Crippen LogP contribution in [0.1, 0.15) is 29.3 Å². The molecule has 0 radical (unpaired) electrons. The van der Waals surface area contributed by atoms with E-state index < -0.39 is 23.7 Å². The molecule has 3 aromatic rings. The summed E-state index contributed by atoms with van der Waals surface area (Å²) in [6, 6.07) is 19.6. The summed E-state index contributed by atoms with van der Waals surface area (Å²) in [5, 5.41) is 15.7. The van der Waals surface area contributed by atoms with Gasteiger partial charge in [-0.1, -0.05) is 36.4 Å². The van der Waals surface area contributed by atoms with E-state index in [9.17, 15) is 18.8 Å². The van der Waals surface area contributed by atoms with E-state index in [0.29, 0.717) is 12.1 Å². The number of hydroxylamine groups is 1. The number of nitrogens with one attached hydrogen (secondary N) is 3. The molecule has 8 N–H and O–H groups in total. The predicted molar refractivity (Wildman–Crippen MR) is 145 cm³/mol. The molecule has 0 heterocycles. The molecule has 0 aliphatic carbocycles. The van der Waals surface area contributed by atoms with Gasteiger partial charge in [0.05, 0.1) is 19.0 Å². The molecule has 0 aliphatic heterocycles. The minimum atomic E-state index is -0.628. The number of benzene rings is 3. The SMILES string of the molecule is CC(=O)Nc1ccc(-c2cccc(CC(CC(=O)NO)N(N)/C=C(\N)CNC(=O)c3ccc(F)cc3)c2)cc1. The highest BCUT2D eigenvalue weighted by Crippen LogP contribution is 2.24. The van der Waals surface area contributed by atoms with Gasteiger partial charge < -0.3 is 21.4 Å². The van der Waals surface area contributed by atoms with Crippen LogP contribution >= 0.6 is 0 Å². The Morgan fingerprint density at radius 2 is 1.72 bits per heavy atom. The average molecular weight is 535 g/mol. The van der Waals surface area contributed by atoms with Crippen molar-refractivity contribution in [2.75, 3.05) is 11.9 Å². The number of hydrogen-bond donors (Lipinski definition) is 6. The summed E-state index contributed by atoms with van der Waals surface area (Å²) >= 11 is 0. The highest BCUT2D eigenvalue weighted by atomic mass is 19.1. The molecular formula is C28H31FN6O4. The second kappa shape index (κ2) is 13.7. The third-order valence-corrected chi connectivity index (χ3v) is 5.78. The van der Waals surface area contributed by atoms with Gasteiger partial charge in [-0.05, 0) is 59.5 Å². The van der Waals surface area contributed by atoms with Crippen LogP contribution in [-0.4, -0.2) is 40.5 Å². The van der Waals surface area contributed by atoms with Crippen LogP contribution in [-0.2, 0) is 16.0 Å². The van der Waals surface area contributed by atoms with Crippen molar-refractivity contribution < 1.29 is 24.0 Å². The molecule has 3 rings (SSSR count). The maximum absolute atomic E-state index is 13.1. The molecule has 39 heavy (non-hydrogen) atoms. The second-order valence-corrected chi connectivity index (χ2v) is 8.90. The van der Waals surface area contributed by atoms with Crippen LogP contribution < -0.4 is 27.7 Å². The molecule has 0 aromatic heterocycles. The van der Waals surface area contributed by atoms with Crippen molar-refractivity contribution in [3.63, 3.8) is 0 Å². The first-order valence-electron chi connectivity index (χ1n) is 12.1. The molecule has 1 unspecified atom stereocenters. The Balaban J connectivity index is 1.70. The molecule has 0 bridgehead atoms. The fraction of sp³-hybridized carbons (Fsp3) is 0.179. The van der Waals surface area contributed by atoms with Crippen LogP contribution in [0, 0.1) is 5.82 Å². The Hall–Kier alpha value is -4.74. The Labute approximate surface area is 225 Å². The zero-order valence-electron chi connectivity index (χ0n) is 21.4. The molecule has 0 aliphatic rings. The van der Waals surface area contributed by atoms with E-state index in [1.54, 1.807) is 5.48 Å². The van der Waals surface area contributed by atoms with E-state index in [0.717, 1.165) is 16.7 Å². The predicted octanol–water partition coefficient (Wildman–Crippen LogP) is 2.66. The monoisotopic (exact) mass is 534 g/mol. The first-order valence-corrected chi connectivity index (χ1v) is 12.1. The minimum Gasteiger partial charge on any atom is -0.399 e. The lowest BCUT2D eigenvalue weighted by Gasteiger charge is -2.26. The smallest absolute Gasteiger partial charge is 0.251 e. The molecule has 0 fully saturated rings. The number of anilines is 1. The summed E-state index contributed by atoms with van der Waals surface area (Å²) in [6.07, 6.45) is 1.62. The van der Waals surface area contributed by atoms with Gasteiger partial charge in [0, 0.05) is 30.1 Å². The largest absolute Gasteiger partial charge is 0.399 e. The Kier molecular flexibility index (Phi) is 10.1. The standard InChI is InChI=1S/C28H31FN6O4/c1-18(36)33-25-11-7-20(8-12-25)22-4-2-3-19(13-22)14-26(15-27(37)34-39)35(31)17-24(30)16-32-28(38)21-5-9-23(29)10-6-21/h2-13,17,26,39H,14-16,30-31H2,1H3,(H,32,38)(H,33,36)(H,34,37)/b24-17-. The molecule has 3 amide bonds. The molecule has 0 spiro atoms.